The number of imidazole rings is 1. The van der Waals surface area contributed by atoms with Crippen LogP contribution in [0.4, 0.5) is 0 Å². The number of phenolic OH excluding ortho intramolecular Hbond substituents is 1. The van der Waals surface area contributed by atoms with Crippen molar-refractivity contribution in [1.29, 1.82) is 0 Å². The maximum Gasteiger partial charge on any atom is 0.339 e. The van der Waals surface area contributed by atoms with Crippen molar-refractivity contribution >= 4 is 15.9 Å². The molecule has 38 heavy (non-hydrogen) atoms. The quantitative estimate of drug-likeness (QED) is 0.209. The van der Waals surface area contributed by atoms with E-state index in [0.717, 1.165) is 11.3 Å². The predicted molar refractivity (Wildman–Crippen MR) is 147 cm³/mol. The molecule has 0 radical (unpaired) electrons. The Hall–Kier alpha value is -3.91. The topological polar surface area (TPSA) is 98.5 Å². The van der Waals surface area contributed by atoms with Crippen molar-refractivity contribution in [2.45, 2.75) is 52.4 Å². The van der Waals surface area contributed by atoms with Crippen LogP contribution in [0.3, 0.4) is 0 Å². The molecule has 0 spiro atoms. The summed E-state index contributed by atoms with van der Waals surface area (Å²) in [5, 5.41) is 11.0. The number of phenols is 1. The molecular weight excluding hydrogens is 500 g/mol. The Labute approximate surface area is 223 Å². The molecule has 1 N–H and O–H groups in total. The third-order valence-electron chi connectivity index (χ3n) is 7.01. The van der Waals surface area contributed by atoms with Crippen LogP contribution in [0.25, 0.3) is 5.69 Å². The summed E-state index contributed by atoms with van der Waals surface area (Å²) in [5.41, 5.74) is 3.97. The fraction of sp³-hybridized carbons (Fsp3) is 0.267. The van der Waals surface area contributed by atoms with E-state index in [9.17, 15) is 18.3 Å². The molecule has 0 bridgehead atoms. The van der Waals surface area contributed by atoms with Crippen molar-refractivity contribution in [3.8, 4) is 17.2 Å². The molecule has 7 nitrogen and oxygen atoms in total. The second kappa shape index (κ2) is 10.8. The summed E-state index contributed by atoms with van der Waals surface area (Å²) in [4.78, 5) is 17.7. The van der Waals surface area contributed by atoms with E-state index in [-0.39, 0.29) is 28.1 Å². The first-order chi connectivity index (χ1) is 18.0. The Balaban J connectivity index is 1.58. The second-order valence-corrected chi connectivity index (χ2v) is 11.2. The maximum atomic E-state index is 13.3. The van der Waals surface area contributed by atoms with Gasteiger partial charge in [-0.3, -0.25) is 9.36 Å². The van der Waals surface area contributed by atoms with Crippen LogP contribution in [0.2, 0.25) is 0 Å². The molecule has 0 fully saturated rings. The minimum absolute atomic E-state index is 0.0577. The Morgan fingerprint density at radius 2 is 1.63 bits per heavy atom. The van der Waals surface area contributed by atoms with E-state index >= 15 is 0 Å². The van der Waals surface area contributed by atoms with Crippen LogP contribution >= 0.6 is 0 Å². The third kappa shape index (κ3) is 5.36. The van der Waals surface area contributed by atoms with Gasteiger partial charge in [0, 0.05) is 29.6 Å². The molecule has 8 heteroatoms. The molecule has 0 saturated carbocycles. The summed E-state index contributed by atoms with van der Waals surface area (Å²) in [7, 11) is -4.07. The lowest BCUT2D eigenvalue weighted by atomic mass is 9.91. The normalized spacial score (nSPS) is 12.3. The van der Waals surface area contributed by atoms with E-state index in [2.05, 4.69) is 4.98 Å². The molecule has 0 aliphatic heterocycles. The molecule has 1 heterocycles. The molecule has 0 aliphatic carbocycles. The van der Waals surface area contributed by atoms with Gasteiger partial charge in [-0.1, -0.05) is 42.8 Å². The highest BCUT2D eigenvalue weighted by Crippen LogP contribution is 2.39. The van der Waals surface area contributed by atoms with Crippen LogP contribution in [-0.4, -0.2) is 28.9 Å². The zero-order valence-electron chi connectivity index (χ0n) is 22.2. The van der Waals surface area contributed by atoms with Gasteiger partial charge in [-0.15, -0.1) is 0 Å². The number of aromatic nitrogens is 2. The molecule has 0 amide bonds. The van der Waals surface area contributed by atoms with E-state index in [0.29, 0.717) is 40.9 Å². The van der Waals surface area contributed by atoms with Crippen LogP contribution in [0.15, 0.2) is 71.9 Å². The van der Waals surface area contributed by atoms with Gasteiger partial charge in [0.1, 0.15) is 16.4 Å². The van der Waals surface area contributed by atoms with Crippen LogP contribution in [0.5, 0.6) is 11.5 Å². The highest BCUT2D eigenvalue weighted by molar-refractivity contribution is 7.87. The average molecular weight is 533 g/mol. The molecule has 3 aromatic carbocycles. The van der Waals surface area contributed by atoms with Crippen LogP contribution in [-0.2, 0) is 16.5 Å². The van der Waals surface area contributed by atoms with E-state index in [1.807, 2.05) is 44.2 Å². The number of hydrogen-bond acceptors (Lipinski definition) is 6. The minimum Gasteiger partial charge on any atom is -0.507 e. The van der Waals surface area contributed by atoms with Gasteiger partial charge in [0.05, 0.1) is 0 Å². The summed E-state index contributed by atoms with van der Waals surface area (Å²) in [6, 6.07) is 16.0. The van der Waals surface area contributed by atoms with Gasteiger partial charge in [0.2, 0.25) is 5.78 Å². The molecular formula is C30H32N2O5S. The largest absolute Gasteiger partial charge is 0.507 e. The van der Waals surface area contributed by atoms with E-state index in [1.54, 1.807) is 49.9 Å². The fourth-order valence-electron chi connectivity index (χ4n) is 4.46. The van der Waals surface area contributed by atoms with Gasteiger partial charge in [-0.25, -0.2) is 4.98 Å². The van der Waals surface area contributed by atoms with Crippen LogP contribution < -0.4 is 4.18 Å². The predicted octanol–water partition coefficient (Wildman–Crippen LogP) is 6.03. The Kier molecular flexibility index (Phi) is 7.73. The lowest BCUT2D eigenvalue weighted by Gasteiger charge is -2.20. The fourth-order valence-corrected chi connectivity index (χ4v) is 5.49. The Bertz CT molecular complexity index is 1570. The number of nitrogens with zero attached hydrogens (tertiary/aromatic N) is 2. The first kappa shape index (κ1) is 27.1. The number of hydrogen-bond donors (Lipinski definition) is 1. The molecule has 0 saturated heterocycles. The number of aromatic hydroxyl groups is 1. The van der Waals surface area contributed by atoms with Crippen molar-refractivity contribution in [2.24, 2.45) is 5.92 Å². The molecule has 1 unspecified atom stereocenters. The lowest BCUT2D eigenvalue weighted by molar-refractivity contribution is 0.0912. The summed E-state index contributed by atoms with van der Waals surface area (Å²) >= 11 is 0. The number of benzene rings is 3. The van der Waals surface area contributed by atoms with Crippen LogP contribution in [0, 0.1) is 33.6 Å². The smallest absolute Gasteiger partial charge is 0.339 e. The highest BCUT2D eigenvalue weighted by Gasteiger charge is 2.26. The second-order valence-electron chi connectivity index (χ2n) is 9.64. The van der Waals surface area contributed by atoms with Gasteiger partial charge < -0.3 is 9.29 Å². The van der Waals surface area contributed by atoms with Gasteiger partial charge in [-0.2, -0.15) is 8.42 Å². The van der Waals surface area contributed by atoms with E-state index < -0.39 is 10.1 Å². The number of aryl methyl sites for hydroxylation is 1. The van der Waals surface area contributed by atoms with E-state index in [1.165, 1.54) is 12.1 Å². The molecule has 1 atom stereocenters. The Morgan fingerprint density at radius 3 is 2.29 bits per heavy atom. The number of ketones is 1. The number of carbonyl (C=O) groups excluding carboxylic acids is 1. The number of para-hydroxylation sites is 1. The lowest BCUT2D eigenvalue weighted by Crippen LogP contribution is -2.18. The van der Waals surface area contributed by atoms with Gasteiger partial charge in [0.15, 0.2) is 5.82 Å². The molecule has 4 aromatic rings. The zero-order chi connectivity index (χ0) is 27.6. The van der Waals surface area contributed by atoms with Crippen molar-refractivity contribution in [2.75, 3.05) is 0 Å². The number of carbonyl (C=O) groups is 1. The maximum absolute atomic E-state index is 13.3. The van der Waals surface area contributed by atoms with E-state index in [4.69, 9.17) is 4.18 Å². The first-order valence-electron chi connectivity index (χ1n) is 12.5. The molecule has 198 valence electrons. The monoisotopic (exact) mass is 532 g/mol. The average Bonchev–Trinajstić information content (AvgIpc) is 3.40. The zero-order valence-corrected chi connectivity index (χ0v) is 23.0. The standard InChI is InChI=1S/C30H32N2O5S/c1-19-11-14-25(15-12-19)38(35,36)37-29-22(4)21(3)28(34)26(23(29)5)16-13-20(2)27(33)30-31-17-18-32(30)24-9-7-6-8-10-24/h6-12,14-15,17-18,20,34H,13,16H2,1-5H3. The van der Waals surface area contributed by atoms with Crippen molar-refractivity contribution < 1.29 is 22.5 Å². The summed E-state index contributed by atoms with van der Waals surface area (Å²) in [5.74, 6) is 0.136. The third-order valence-corrected chi connectivity index (χ3v) is 8.25. The van der Waals surface area contributed by atoms with Gasteiger partial charge in [-0.05, 0) is 81.5 Å². The molecule has 1 aromatic heterocycles. The summed E-state index contributed by atoms with van der Waals surface area (Å²) in [6.07, 6.45) is 4.15. The summed E-state index contributed by atoms with van der Waals surface area (Å²) < 4.78 is 33.4. The molecule has 0 aliphatic rings. The summed E-state index contributed by atoms with van der Waals surface area (Å²) in [6.45, 7) is 8.89. The van der Waals surface area contributed by atoms with Gasteiger partial charge in [0.25, 0.3) is 0 Å². The van der Waals surface area contributed by atoms with Crippen molar-refractivity contribution in [1.82, 2.24) is 9.55 Å². The van der Waals surface area contributed by atoms with Crippen LogP contribution in [0.1, 0.15) is 51.8 Å². The van der Waals surface area contributed by atoms with Crippen molar-refractivity contribution in [3.63, 3.8) is 0 Å². The number of rotatable bonds is 9. The Morgan fingerprint density at radius 1 is 0.974 bits per heavy atom. The minimum atomic E-state index is -4.07. The van der Waals surface area contributed by atoms with Gasteiger partial charge >= 0.3 is 10.1 Å². The molecule has 4 rings (SSSR count). The SMILES string of the molecule is Cc1ccc(S(=O)(=O)Oc2c(C)c(C)c(O)c(CCC(C)C(=O)c3nccn3-c3ccccc3)c2C)cc1. The van der Waals surface area contributed by atoms with Crippen molar-refractivity contribution in [3.05, 3.63) is 101 Å². The first-order valence-corrected chi connectivity index (χ1v) is 13.9. The number of Topliss-reactive ketones (excluding diaryl/α,β-unsaturated/α-hetero) is 1. The highest BCUT2D eigenvalue weighted by atomic mass is 32.2.